The zero-order valence-corrected chi connectivity index (χ0v) is 11.6. The topological polar surface area (TPSA) is 37.6 Å². The van der Waals surface area contributed by atoms with Crippen molar-refractivity contribution in [3.63, 3.8) is 0 Å². The SMILES string of the molecule is c1ccc(CN=Nc2nc(-c3ccccc3)cs2)cc1. The van der Waals surface area contributed by atoms with Crippen LogP contribution in [0.3, 0.4) is 0 Å². The van der Waals surface area contributed by atoms with E-state index in [1.54, 1.807) is 0 Å². The first-order valence-electron chi connectivity index (χ1n) is 6.34. The fourth-order valence-corrected chi connectivity index (χ4v) is 2.47. The van der Waals surface area contributed by atoms with Gasteiger partial charge in [-0.05, 0) is 5.56 Å². The van der Waals surface area contributed by atoms with Crippen LogP contribution in [0.4, 0.5) is 5.13 Å². The molecule has 3 aromatic rings. The number of benzene rings is 2. The molecule has 98 valence electrons. The lowest BCUT2D eigenvalue weighted by Crippen LogP contribution is -1.77. The second-order valence-electron chi connectivity index (χ2n) is 4.27. The van der Waals surface area contributed by atoms with Crippen LogP contribution in [0.25, 0.3) is 11.3 Å². The highest BCUT2D eigenvalue weighted by Gasteiger charge is 2.02. The summed E-state index contributed by atoms with van der Waals surface area (Å²) >= 11 is 1.51. The van der Waals surface area contributed by atoms with Crippen LogP contribution in [0, 0.1) is 0 Å². The minimum atomic E-state index is 0.584. The molecule has 0 aliphatic heterocycles. The molecule has 0 radical (unpaired) electrons. The third kappa shape index (κ3) is 3.16. The molecule has 4 heteroatoms. The zero-order valence-electron chi connectivity index (χ0n) is 10.8. The molecule has 20 heavy (non-hydrogen) atoms. The van der Waals surface area contributed by atoms with E-state index in [2.05, 4.69) is 15.2 Å². The molecule has 2 aromatic carbocycles. The van der Waals surface area contributed by atoms with Crippen molar-refractivity contribution < 1.29 is 0 Å². The van der Waals surface area contributed by atoms with Gasteiger partial charge in [0.05, 0.1) is 12.2 Å². The molecule has 0 saturated heterocycles. The minimum absolute atomic E-state index is 0.584. The molecular formula is C16H13N3S. The Morgan fingerprint density at radius 3 is 2.35 bits per heavy atom. The smallest absolute Gasteiger partial charge is 0.217 e. The van der Waals surface area contributed by atoms with Crippen molar-refractivity contribution in [2.75, 3.05) is 0 Å². The highest BCUT2D eigenvalue weighted by molar-refractivity contribution is 7.13. The minimum Gasteiger partial charge on any atom is -0.217 e. The molecular weight excluding hydrogens is 266 g/mol. The van der Waals surface area contributed by atoms with Gasteiger partial charge in [-0.2, -0.15) is 5.11 Å². The predicted octanol–water partition coefficient (Wildman–Crippen LogP) is 5.09. The average Bonchev–Trinajstić information content (AvgIpc) is 2.98. The van der Waals surface area contributed by atoms with Crippen LogP contribution in [0.5, 0.6) is 0 Å². The lowest BCUT2D eigenvalue weighted by atomic mass is 10.2. The van der Waals surface area contributed by atoms with E-state index >= 15 is 0 Å². The molecule has 1 heterocycles. The zero-order chi connectivity index (χ0) is 13.6. The Labute approximate surface area is 121 Å². The third-order valence-electron chi connectivity index (χ3n) is 2.81. The number of hydrogen-bond acceptors (Lipinski definition) is 4. The number of aromatic nitrogens is 1. The second-order valence-corrected chi connectivity index (χ2v) is 5.10. The molecule has 3 nitrogen and oxygen atoms in total. The summed E-state index contributed by atoms with van der Waals surface area (Å²) in [5, 5.41) is 11.1. The van der Waals surface area contributed by atoms with Gasteiger partial charge in [-0.3, -0.25) is 0 Å². The summed E-state index contributed by atoms with van der Waals surface area (Å²) in [4.78, 5) is 4.47. The van der Waals surface area contributed by atoms with Crippen LogP contribution in [-0.2, 0) is 6.54 Å². The Hall–Kier alpha value is -2.33. The average molecular weight is 279 g/mol. The monoisotopic (exact) mass is 279 g/mol. The van der Waals surface area contributed by atoms with E-state index in [-0.39, 0.29) is 0 Å². The van der Waals surface area contributed by atoms with Crippen molar-refractivity contribution in [1.82, 2.24) is 4.98 Å². The lowest BCUT2D eigenvalue weighted by Gasteiger charge is -1.93. The highest BCUT2D eigenvalue weighted by Crippen LogP contribution is 2.26. The number of nitrogens with zero attached hydrogens (tertiary/aromatic N) is 3. The summed E-state index contributed by atoms with van der Waals surface area (Å²) < 4.78 is 0. The molecule has 0 bridgehead atoms. The van der Waals surface area contributed by atoms with Crippen LogP contribution in [0.15, 0.2) is 76.3 Å². The summed E-state index contributed by atoms with van der Waals surface area (Å²) in [5.41, 5.74) is 3.20. The molecule has 0 saturated carbocycles. The van der Waals surface area contributed by atoms with E-state index in [0.717, 1.165) is 16.8 Å². The fraction of sp³-hybridized carbons (Fsp3) is 0.0625. The molecule has 0 aliphatic carbocycles. The Kier molecular flexibility index (Phi) is 3.94. The van der Waals surface area contributed by atoms with Gasteiger partial charge < -0.3 is 0 Å². The normalized spacial score (nSPS) is 11.0. The van der Waals surface area contributed by atoms with Gasteiger partial charge in [0.1, 0.15) is 0 Å². The van der Waals surface area contributed by atoms with Crippen LogP contribution in [-0.4, -0.2) is 4.98 Å². The maximum Gasteiger partial charge on any atom is 0.230 e. The van der Waals surface area contributed by atoms with Crippen molar-refractivity contribution >= 4 is 16.5 Å². The van der Waals surface area contributed by atoms with Crippen LogP contribution in [0.1, 0.15) is 5.56 Å². The van der Waals surface area contributed by atoms with Crippen molar-refractivity contribution in [3.05, 3.63) is 71.6 Å². The van der Waals surface area contributed by atoms with Gasteiger partial charge in [0, 0.05) is 10.9 Å². The maximum atomic E-state index is 4.47. The van der Waals surface area contributed by atoms with Crippen LogP contribution < -0.4 is 0 Å². The summed E-state index contributed by atoms with van der Waals surface area (Å²) in [6, 6.07) is 20.2. The van der Waals surface area contributed by atoms with Crippen LogP contribution in [0.2, 0.25) is 0 Å². The van der Waals surface area contributed by atoms with E-state index in [9.17, 15) is 0 Å². The second kappa shape index (κ2) is 6.21. The van der Waals surface area contributed by atoms with Crippen molar-refractivity contribution in [2.24, 2.45) is 10.2 Å². The largest absolute Gasteiger partial charge is 0.230 e. The Bertz CT molecular complexity index is 690. The number of thiazole rings is 1. The first-order valence-corrected chi connectivity index (χ1v) is 7.22. The number of hydrogen-bond donors (Lipinski definition) is 0. The molecule has 0 fully saturated rings. The highest BCUT2D eigenvalue weighted by atomic mass is 32.1. The first-order chi connectivity index (χ1) is 9.92. The Morgan fingerprint density at radius 1 is 0.900 bits per heavy atom. The molecule has 3 rings (SSSR count). The van der Waals surface area contributed by atoms with E-state index < -0.39 is 0 Å². The van der Waals surface area contributed by atoms with Crippen molar-refractivity contribution in [1.29, 1.82) is 0 Å². The molecule has 0 unspecified atom stereocenters. The number of rotatable bonds is 4. The molecule has 0 N–H and O–H groups in total. The number of azo groups is 1. The molecule has 0 spiro atoms. The Morgan fingerprint density at radius 2 is 1.60 bits per heavy atom. The summed E-state index contributed by atoms with van der Waals surface area (Å²) in [7, 11) is 0. The van der Waals surface area contributed by atoms with Gasteiger partial charge in [0.25, 0.3) is 0 Å². The molecule has 1 aromatic heterocycles. The first kappa shape index (κ1) is 12.7. The van der Waals surface area contributed by atoms with Gasteiger partial charge in [-0.15, -0.1) is 16.5 Å². The molecule has 0 amide bonds. The van der Waals surface area contributed by atoms with E-state index in [1.165, 1.54) is 11.3 Å². The summed E-state index contributed by atoms with van der Waals surface area (Å²) in [6.45, 7) is 0.584. The van der Waals surface area contributed by atoms with Gasteiger partial charge in [0.15, 0.2) is 0 Å². The third-order valence-corrected chi connectivity index (χ3v) is 3.54. The summed E-state index contributed by atoms with van der Waals surface area (Å²) in [6.07, 6.45) is 0. The van der Waals surface area contributed by atoms with Gasteiger partial charge in [-0.1, -0.05) is 60.7 Å². The van der Waals surface area contributed by atoms with Crippen molar-refractivity contribution in [3.8, 4) is 11.3 Å². The van der Waals surface area contributed by atoms with E-state index in [1.807, 2.05) is 66.0 Å². The lowest BCUT2D eigenvalue weighted by molar-refractivity contribution is 0.955. The van der Waals surface area contributed by atoms with Crippen LogP contribution >= 0.6 is 11.3 Å². The van der Waals surface area contributed by atoms with E-state index in [0.29, 0.717) is 11.7 Å². The predicted molar refractivity (Wildman–Crippen MR) is 82.2 cm³/mol. The molecule has 0 atom stereocenters. The summed E-state index contributed by atoms with van der Waals surface area (Å²) in [5.74, 6) is 0. The maximum absolute atomic E-state index is 4.47. The van der Waals surface area contributed by atoms with Gasteiger partial charge in [0.2, 0.25) is 5.13 Å². The Balaban J connectivity index is 1.69. The van der Waals surface area contributed by atoms with Gasteiger partial charge >= 0.3 is 0 Å². The van der Waals surface area contributed by atoms with Gasteiger partial charge in [-0.25, -0.2) is 4.98 Å². The fourth-order valence-electron chi connectivity index (χ4n) is 1.81. The quantitative estimate of drug-likeness (QED) is 0.613. The van der Waals surface area contributed by atoms with Crippen molar-refractivity contribution in [2.45, 2.75) is 6.54 Å². The molecule has 0 aliphatic rings. The standard InChI is InChI=1S/C16H13N3S/c1-3-7-13(8-4-1)11-17-19-16-18-15(12-20-16)14-9-5-2-6-10-14/h1-10,12H,11H2. The van der Waals surface area contributed by atoms with E-state index in [4.69, 9.17) is 0 Å².